The number of benzene rings is 1. The van der Waals surface area contributed by atoms with Crippen LogP contribution in [0, 0.1) is 10.1 Å². The number of nitrogens with one attached hydrogen (secondary N) is 1. The van der Waals surface area contributed by atoms with Crippen LogP contribution in [-0.4, -0.2) is 44.6 Å². The predicted octanol–water partition coefficient (Wildman–Crippen LogP) is 2.25. The molecule has 0 spiro atoms. The Bertz CT molecular complexity index is 1030. The van der Waals surface area contributed by atoms with Crippen molar-refractivity contribution in [2.24, 2.45) is 0 Å². The van der Waals surface area contributed by atoms with Gasteiger partial charge in [-0.15, -0.1) is 5.10 Å². The number of aromatic nitrogens is 4. The van der Waals surface area contributed by atoms with Gasteiger partial charge in [-0.1, -0.05) is 12.1 Å². The van der Waals surface area contributed by atoms with E-state index in [-0.39, 0.29) is 11.6 Å². The van der Waals surface area contributed by atoms with Gasteiger partial charge in [-0.2, -0.15) is 5.10 Å². The first-order valence-electron chi connectivity index (χ1n) is 8.65. The third-order valence-corrected chi connectivity index (χ3v) is 4.23. The minimum Gasteiger partial charge on any atom is -0.497 e. The summed E-state index contributed by atoms with van der Waals surface area (Å²) in [7, 11) is 2.88. The molecule has 3 aromatic rings. The number of anilines is 1. The Morgan fingerprint density at radius 2 is 2.10 bits per heavy atom. The highest BCUT2D eigenvalue weighted by molar-refractivity contribution is 5.93. The number of ether oxygens (including phenoxy) is 2. The zero-order valence-corrected chi connectivity index (χ0v) is 16.1. The molecule has 29 heavy (non-hydrogen) atoms. The molecule has 0 radical (unpaired) electrons. The quantitative estimate of drug-likeness (QED) is 0.454. The largest absolute Gasteiger partial charge is 0.497 e. The van der Waals surface area contributed by atoms with E-state index in [4.69, 9.17) is 9.47 Å². The molecule has 11 heteroatoms. The van der Waals surface area contributed by atoms with Crippen LogP contribution in [0.4, 0.5) is 11.4 Å². The van der Waals surface area contributed by atoms with Gasteiger partial charge < -0.3 is 14.8 Å². The highest BCUT2D eigenvalue weighted by atomic mass is 16.6. The molecule has 0 saturated heterocycles. The van der Waals surface area contributed by atoms with Crippen molar-refractivity contribution in [1.29, 1.82) is 0 Å². The molecule has 1 atom stereocenters. The van der Waals surface area contributed by atoms with Crippen molar-refractivity contribution in [3.63, 3.8) is 0 Å². The Hall–Kier alpha value is -3.89. The summed E-state index contributed by atoms with van der Waals surface area (Å²) in [5.74, 6) is 0.201. The Labute approximate surface area is 166 Å². The molecule has 3 rings (SSSR count). The molecule has 2 aromatic heterocycles. The summed E-state index contributed by atoms with van der Waals surface area (Å²) in [6.45, 7) is 2.08. The number of rotatable bonds is 8. The molecule has 0 aliphatic heterocycles. The third kappa shape index (κ3) is 4.51. The molecule has 0 fully saturated rings. The van der Waals surface area contributed by atoms with E-state index in [0.717, 1.165) is 17.5 Å². The van der Waals surface area contributed by atoms with Crippen molar-refractivity contribution < 1.29 is 19.2 Å². The number of nitro groups is 1. The summed E-state index contributed by atoms with van der Waals surface area (Å²) in [6.07, 6.45) is 4.38. The highest BCUT2D eigenvalue weighted by Gasteiger charge is 2.25. The predicted molar refractivity (Wildman–Crippen MR) is 103 cm³/mol. The number of carbonyl (C=O) groups excluding carboxylic acids is 1. The van der Waals surface area contributed by atoms with Crippen molar-refractivity contribution in [2.75, 3.05) is 19.5 Å². The number of carbonyl (C=O) groups is 1. The van der Waals surface area contributed by atoms with E-state index in [2.05, 4.69) is 15.5 Å². The summed E-state index contributed by atoms with van der Waals surface area (Å²) in [5.41, 5.74) is 1.19. The zero-order valence-electron chi connectivity index (χ0n) is 16.1. The summed E-state index contributed by atoms with van der Waals surface area (Å²) >= 11 is 0. The first-order valence-corrected chi connectivity index (χ1v) is 8.65. The highest BCUT2D eigenvalue weighted by Crippen LogP contribution is 2.26. The molecule has 152 valence electrons. The lowest BCUT2D eigenvalue weighted by Gasteiger charge is -2.10. The van der Waals surface area contributed by atoms with E-state index < -0.39 is 16.9 Å². The zero-order chi connectivity index (χ0) is 21.0. The third-order valence-electron chi connectivity index (χ3n) is 4.23. The second-order valence-electron chi connectivity index (χ2n) is 6.20. The standard InChI is InChI=1S/C18H20N6O5/c1-12(23-11-16(24(26)27)18(21-23)29-3)17(25)20-14-8-19-22(10-14)9-13-5-4-6-15(7-13)28-2/h4-8,10-12H,9H2,1-3H3,(H,20,25). The lowest BCUT2D eigenvalue weighted by atomic mass is 10.2. The van der Waals surface area contributed by atoms with Crippen LogP contribution >= 0.6 is 0 Å². The van der Waals surface area contributed by atoms with Gasteiger partial charge in [0.25, 0.3) is 0 Å². The molecule has 1 amide bonds. The molecule has 1 unspecified atom stereocenters. The SMILES string of the molecule is COc1cccc(Cn2cc(NC(=O)C(C)n3cc([N+](=O)[O-])c(OC)n3)cn2)c1. The number of nitrogens with zero attached hydrogens (tertiary/aromatic N) is 5. The molecule has 0 aliphatic rings. The number of methoxy groups -OCH3 is 2. The minimum atomic E-state index is -0.792. The van der Waals surface area contributed by atoms with Crippen molar-refractivity contribution in [2.45, 2.75) is 19.5 Å². The van der Waals surface area contributed by atoms with Crippen LogP contribution in [0.5, 0.6) is 11.6 Å². The Balaban J connectivity index is 1.67. The van der Waals surface area contributed by atoms with E-state index in [0.29, 0.717) is 12.2 Å². The molecule has 0 saturated carbocycles. The summed E-state index contributed by atoms with van der Waals surface area (Å²) in [6, 6.07) is 6.80. The van der Waals surface area contributed by atoms with Crippen LogP contribution in [0.3, 0.4) is 0 Å². The molecule has 0 aliphatic carbocycles. The lowest BCUT2D eigenvalue weighted by molar-refractivity contribution is -0.385. The fraction of sp³-hybridized carbons (Fsp3) is 0.278. The average molecular weight is 400 g/mol. The van der Waals surface area contributed by atoms with Crippen LogP contribution in [0.25, 0.3) is 0 Å². The Morgan fingerprint density at radius 3 is 2.76 bits per heavy atom. The molecular weight excluding hydrogens is 380 g/mol. The maximum absolute atomic E-state index is 12.5. The summed E-state index contributed by atoms with van der Waals surface area (Å²) in [5, 5.41) is 21.9. The molecule has 1 aromatic carbocycles. The van der Waals surface area contributed by atoms with Gasteiger partial charge in [0.2, 0.25) is 5.91 Å². The van der Waals surface area contributed by atoms with Crippen LogP contribution in [0.15, 0.2) is 42.9 Å². The van der Waals surface area contributed by atoms with Crippen LogP contribution < -0.4 is 14.8 Å². The first-order chi connectivity index (χ1) is 13.9. The van der Waals surface area contributed by atoms with Crippen molar-refractivity contribution in [3.05, 3.63) is 58.5 Å². The smallest absolute Gasteiger partial charge is 0.350 e. The van der Waals surface area contributed by atoms with Gasteiger partial charge in [0.05, 0.1) is 37.6 Å². The Kier molecular flexibility index (Phi) is 5.77. The average Bonchev–Trinajstić information content (AvgIpc) is 3.34. The van der Waals surface area contributed by atoms with Gasteiger partial charge in [-0.3, -0.25) is 19.6 Å². The van der Waals surface area contributed by atoms with Crippen molar-refractivity contribution in [3.8, 4) is 11.6 Å². The normalized spacial score (nSPS) is 11.7. The molecule has 11 nitrogen and oxygen atoms in total. The maximum atomic E-state index is 12.5. The van der Waals surface area contributed by atoms with E-state index in [1.165, 1.54) is 18.0 Å². The second-order valence-corrected chi connectivity index (χ2v) is 6.20. The van der Waals surface area contributed by atoms with Crippen LogP contribution in [-0.2, 0) is 11.3 Å². The van der Waals surface area contributed by atoms with Crippen LogP contribution in [0.2, 0.25) is 0 Å². The van der Waals surface area contributed by atoms with Gasteiger partial charge >= 0.3 is 11.6 Å². The van der Waals surface area contributed by atoms with Gasteiger partial charge in [0.15, 0.2) is 0 Å². The monoisotopic (exact) mass is 400 g/mol. The summed E-state index contributed by atoms with van der Waals surface area (Å²) in [4.78, 5) is 22.9. The van der Waals surface area contributed by atoms with Gasteiger partial charge in [-0.05, 0) is 24.6 Å². The topological polar surface area (TPSA) is 126 Å². The molecule has 0 bridgehead atoms. The van der Waals surface area contributed by atoms with Gasteiger partial charge in [0, 0.05) is 6.20 Å². The Morgan fingerprint density at radius 1 is 1.31 bits per heavy atom. The van der Waals surface area contributed by atoms with Gasteiger partial charge in [-0.25, -0.2) is 4.68 Å². The number of hydrogen-bond donors (Lipinski definition) is 1. The van der Waals surface area contributed by atoms with Crippen molar-refractivity contribution in [1.82, 2.24) is 19.6 Å². The van der Waals surface area contributed by atoms with E-state index in [9.17, 15) is 14.9 Å². The molecule has 1 N–H and O–H groups in total. The van der Waals surface area contributed by atoms with Gasteiger partial charge in [0.1, 0.15) is 18.0 Å². The maximum Gasteiger partial charge on any atom is 0.350 e. The van der Waals surface area contributed by atoms with E-state index in [1.54, 1.807) is 24.9 Å². The van der Waals surface area contributed by atoms with E-state index >= 15 is 0 Å². The lowest BCUT2D eigenvalue weighted by Crippen LogP contribution is -2.23. The number of amides is 1. The fourth-order valence-electron chi connectivity index (χ4n) is 2.67. The first kappa shape index (κ1) is 19.9. The molecular formula is C18H20N6O5. The number of hydrogen-bond acceptors (Lipinski definition) is 7. The second kappa shape index (κ2) is 8.42. The fourth-order valence-corrected chi connectivity index (χ4v) is 2.67. The minimum absolute atomic E-state index is 0.152. The van der Waals surface area contributed by atoms with Crippen molar-refractivity contribution >= 4 is 17.3 Å². The van der Waals surface area contributed by atoms with Crippen LogP contribution in [0.1, 0.15) is 18.5 Å². The summed E-state index contributed by atoms with van der Waals surface area (Å²) < 4.78 is 13.0. The van der Waals surface area contributed by atoms with E-state index in [1.807, 2.05) is 24.3 Å². The molecule has 2 heterocycles.